The van der Waals surface area contributed by atoms with Gasteiger partial charge in [0.1, 0.15) is 23.0 Å². The summed E-state index contributed by atoms with van der Waals surface area (Å²) in [6, 6.07) is 75.1. The molecule has 2 heterocycles. The average molecular weight is 730 g/mol. The fourth-order valence-corrected chi connectivity index (χ4v) is 8.44. The lowest BCUT2D eigenvalue weighted by Crippen LogP contribution is -2.10. The van der Waals surface area contributed by atoms with Crippen LogP contribution in [0.1, 0.15) is 0 Å². The highest BCUT2D eigenvalue weighted by Crippen LogP contribution is 2.51. The molecular formula is C54H35NO2. The van der Waals surface area contributed by atoms with Crippen LogP contribution in [0.4, 0.5) is 17.1 Å². The molecule has 0 fully saturated rings. The third-order valence-corrected chi connectivity index (χ3v) is 11.1. The fraction of sp³-hybridized carbons (Fsp3) is 0. The van der Waals surface area contributed by atoms with E-state index in [9.17, 15) is 0 Å². The molecule has 0 aliphatic carbocycles. The van der Waals surface area contributed by atoms with Crippen LogP contribution in [-0.4, -0.2) is 0 Å². The van der Waals surface area contributed by atoms with Crippen molar-refractivity contribution >= 4 is 17.1 Å². The van der Waals surface area contributed by atoms with Gasteiger partial charge in [-0.15, -0.1) is 0 Å². The number of para-hydroxylation sites is 4. The van der Waals surface area contributed by atoms with E-state index in [0.29, 0.717) is 0 Å². The van der Waals surface area contributed by atoms with Crippen LogP contribution in [0.25, 0.3) is 66.8 Å². The molecule has 11 rings (SSSR count). The van der Waals surface area contributed by atoms with Gasteiger partial charge in [-0.3, -0.25) is 0 Å². The van der Waals surface area contributed by atoms with E-state index in [-0.39, 0.29) is 0 Å². The number of nitrogens with zero attached hydrogens (tertiary/aromatic N) is 1. The molecule has 0 bridgehead atoms. The molecule has 2 aliphatic heterocycles. The zero-order valence-corrected chi connectivity index (χ0v) is 31.0. The van der Waals surface area contributed by atoms with E-state index in [0.717, 1.165) is 90.1 Å². The van der Waals surface area contributed by atoms with Crippen LogP contribution in [0.15, 0.2) is 212 Å². The Bertz CT molecular complexity index is 2950. The van der Waals surface area contributed by atoms with Crippen molar-refractivity contribution in [1.82, 2.24) is 0 Å². The summed E-state index contributed by atoms with van der Waals surface area (Å²) < 4.78 is 13.1. The Kier molecular flexibility index (Phi) is 7.82. The van der Waals surface area contributed by atoms with E-state index >= 15 is 0 Å². The number of hydrogen-bond donors (Lipinski definition) is 0. The Morgan fingerprint density at radius 3 is 1.28 bits per heavy atom. The number of fused-ring (bicyclic) bond motifs is 10. The zero-order valence-electron chi connectivity index (χ0n) is 31.0. The lowest BCUT2D eigenvalue weighted by atomic mass is 9.87. The minimum absolute atomic E-state index is 0.848. The molecule has 0 amide bonds. The first-order chi connectivity index (χ1) is 28.3. The standard InChI is InChI=1S/C54H35NO2/c1-2-13-36(14-3-1)37-25-29-39(30-26-37)55(41-33-34-43-44-15-4-8-21-50(44)56-52-23-10-6-17-46(52)49(43)35-41)40-31-27-38(28-32-40)42-19-12-20-47-45-16-5-9-22-51(45)57-53-24-11-7-18-48(53)54(42)47/h1-35H. The predicted octanol–water partition coefficient (Wildman–Crippen LogP) is 15.4. The minimum Gasteiger partial charge on any atom is -0.456 e. The third-order valence-electron chi connectivity index (χ3n) is 11.1. The largest absolute Gasteiger partial charge is 0.456 e. The first-order valence-corrected chi connectivity index (χ1v) is 19.3. The van der Waals surface area contributed by atoms with Crippen LogP contribution in [-0.2, 0) is 0 Å². The van der Waals surface area contributed by atoms with Gasteiger partial charge in [0, 0.05) is 44.9 Å². The molecule has 3 heteroatoms. The lowest BCUT2D eigenvalue weighted by Gasteiger charge is -2.27. The predicted molar refractivity (Wildman–Crippen MR) is 234 cm³/mol. The molecule has 3 nitrogen and oxygen atoms in total. The fourth-order valence-electron chi connectivity index (χ4n) is 8.44. The van der Waals surface area contributed by atoms with Crippen molar-refractivity contribution < 1.29 is 9.47 Å². The Morgan fingerprint density at radius 2 is 0.667 bits per heavy atom. The number of anilines is 3. The number of benzene rings is 9. The van der Waals surface area contributed by atoms with Crippen LogP contribution in [0.2, 0.25) is 0 Å². The molecule has 268 valence electrons. The van der Waals surface area contributed by atoms with Crippen LogP contribution >= 0.6 is 0 Å². The molecular weight excluding hydrogens is 695 g/mol. The quantitative estimate of drug-likeness (QED) is 0.176. The topological polar surface area (TPSA) is 21.7 Å². The SMILES string of the molecule is c1ccc(-c2ccc(N(c3ccc(-c4cccc5c4-c4ccccc4Oc4ccccc4-5)cc3)c3ccc4c(c3)-c3ccccc3Oc3ccccc3-4)cc2)cc1. The van der Waals surface area contributed by atoms with Gasteiger partial charge in [0.2, 0.25) is 0 Å². The normalized spacial score (nSPS) is 11.8. The number of hydrogen-bond acceptors (Lipinski definition) is 3. The van der Waals surface area contributed by atoms with Gasteiger partial charge in [-0.1, -0.05) is 152 Å². The summed E-state index contributed by atoms with van der Waals surface area (Å²) in [6.45, 7) is 0. The van der Waals surface area contributed by atoms with E-state index in [1.807, 2.05) is 30.3 Å². The molecule has 2 aliphatic rings. The molecule has 0 radical (unpaired) electrons. The Labute approximate surface area is 332 Å². The Hall–Kier alpha value is -7.62. The van der Waals surface area contributed by atoms with Crippen molar-refractivity contribution in [1.29, 1.82) is 0 Å². The van der Waals surface area contributed by atoms with Crippen molar-refractivity contribution in [3.63, 3.8) is 0 Å². The maximum Gasteiger partial charge on any atom is 0.135 e. The molecule has 9 aromatic rings. The van der Waals surface area contributed by atoms with Gasteiger partial charge < -0.3 is 14.4 Å². The monoisotopic (exact) mass is 729 g/mol. The molecule has 0 aromatic heterocycles. The van der Waals surface area contributed by atoms with E-state index in [1.54, 1.807) is 0 Å². The second-order valence-electron chi connectivity index (χ2n) is 14.4. The molecule has 0 saturated heterocycles. The number of ether oxygens (including phenoxy) is 2. The molecule has 0 saturated carbocycles. The summed E-state index contributed by atoms with van der Waals surface area (Å²) >= 11 is 0. The smallest absolute Gasteiger partial charge is 0.135 e. The van der Waals surface area contributed by atoms with Crippen molar-refractivity contribution in [3.05, 3.63) is 212 Å². The lowest BCUT2D eigenvalue weighted by molar-refractivity contribution is 0.487. The second kappa shape index (κ2) is 13.6. The molecule has 0 atom stereocenters. The van der Waals surface area contributed by atoms with E-state index in [4.69, 9.17) is 9.47 Å². The molecule has 57 heavy (non-hydrogen) atoms. The Morgan fingerprint density at radius 1 is 0.246 bits per heavy atom. The summed E-state index contributed by atoms with van der Waals surface area (Å²) in [6.07, 6.45) is 0. The van der Waals surface area contributed by atoms with Crippen LogP contribution < -0.4 is 14.4 Å². The third kappa shape index (κ3) is 5.68. The zero-order chi connectivity index (χ0) is 37.7. The maximum atomic E-state index is 6.54. The molecule has 0 unspecified atom stereocenters. The summed E-state index contributed by atoms with van der Waals surface area (Å²) in [7, 11) is 0. The highest BCUT2D eigenvalue weighted by Gasteiger charge is 2.25. The average Bonchev–Trinajstić information content (AvgIpc) is 3.52. The molecule has 9 aromatic carbocycles. The van der Waals surface area contributed by atoms with Crippen molar-refractivity contribution in [2.75, 3.05) is 4.90 Å². The summed E-state index contributed by atoms with van der Waals surface area (Å²) in [5.41, 5.74) is 16.8. The van der Waals surface area contributed by atoms with Gasteiger partial charge in [-0.25, -0.2) is 0 Å². The highest BCUT2D eigenvalue weighted by molar-refractivity contribution is 5.99. The Balaban J connectivity index is 1.07. The van der Waals surface area contributed by atoms with Gasteiger partial charge in [-0.2, -0.15) is 0 Å². The number of rotatable bonds is 5. The maximum absolute atomic E-state index is 6.54. The molecule has 0 spiro atoms. The van der Waals surface area contributed by atoms with Gasteiger partial charge in [0.15, 0.2) is 0 Å². The van der Waals surface area contributed by atoms with E-state index < -0.39 is 0 Å². The van der Waals surface area contributed by atoms with Crippen molar-refractivity contribution in [3.8, 4) is 89.8 Å². The van der Waals surface area contributed by atoms with Gasteiger partial charge >= 0.3 is 0 Å². The van der Waals surface area contributed by atoms with E-state index in [2.05, 4.69) is 187 Å². The van der Waals surface area contributed by atoms with E-state index in [1.165, 1.54) is 16.7 Å². The van der Waals surface area contributed by atoms with Crippen molar-refractivity contribution in [2.45, 2.75) is 0 Å². The first kappa shape index (κ1) is 32.8. The van der Waals surface area contributed by atoms with Gasteiger partial charge in [-0.05, 0) is 99.6 Å². The van der Waals surface area contributed by atoms with Gasteiger partial charge in [0.25, 0.3) is 0 Å². The minimum atomic E-state index is 0.848. The van der Waals surface area contributed by atoms with Crippen LogP contribution in [0, 0.1) is 0 Å². The van der Waals surface area contributed by atoms with Crippen molar-refractivity contribution in [2.24, 2.45) is 0 Å². The summed E-state index contributed by atoms with van der Waals surface area (Å²) in [5, 5.41) is 0. The summed E-state index contributed by atoms with van der Waals surface area (Å²) in [5.74, 6) is 3.43. The summed E-state index contributed by atoms with van der Waals surface area (Å²) in [4.78, 5) is 2.35. The van der Waals surface area contributed by atoms with Crippen LogP contribution in [0.5, 0.6) is 23.0 Å². The van der Waals surface area contributed by atoms with Crippen LogP contribution in [0.3, 0.4) is 0 Å². The highest BCUT2D eigenvalue weighted by atomic mass is 16.5. The van der Waals surface area contributed by atoms with Gasteiger partial charge in [0.05, 0.1) is 0 Å². The molecule has 0 N–H and O–H groups in total. The second-order valence-corrected chi connectivity index (χ2v) is 14.4. The first-order valence-electron chi connectivity index (χ1n) is 19.3.